The van der Waals surface area contributed by atoms with Crippen molar-refractivity contribution in [3.05, 3.63) is 76.3 Å². The summed E-state index contributed by atoms with van der Waals surface area (Å²) in [7, 11) is 1.54. The molecular formula is C23H21N3O6S. The number of Topliss-reactive ketones (excluding diaryl/α,β-unsaturated/α-hetero) is 1. The molecule has 1 unspecified atom stereocenters. The highest BCUT2D eigenvalue weighted by atomic mass is 32.1. The smallest absolute Gasteiger partial charge is 0.301 e. The van der Waals surface area contributed by atoms with Crippen LogP contribution in [0, 0.1) is 6.92 Å². The van der Waals surface area contributed by atoms with Gasteiger partial charge in [-0.05, 0) is 36.8 Å². The highest BCUT2D eigenvalue weighted by molar-refractivity contribution is 7.15. The number of aryl methyl sites for hydroxylation is 1. The second-order valence-electron chi connectivity index (χ2n) is 6.93. The third-order valence-electron chi connectivity index (χ3n) is 4.64. The quantitative estimate of drug-likeness (QED) is 0.338. The Labute approximate surface area is 193 Å². The van der Waals surface area contributed by atoms with E-state index < -0.39 is 23.7 Å². The molecule has 2 heterocycles. The van der Waals surface area contributed by atoms with Crippen LogP contribution in [0.25, 0.3) is 5.76 Å². The molecule has 0 aliphatic carbocycles. The molecule has 0 bridgehead atoms. The highest BCUT2D eigenvalue weighted by Gasteiger charge is 2.48. The fraction of sp³-hybridized carbons (Fsp3) is 0.174. The Hall–Kier alpha value is -4.05. The average molecular weight is 468 g/mol. The number of benzene rings is 2. The van der Waals surface area contributed by atoms with E-state index in [0.29, 0.717) is 27.0 Å². The Balaban J connectivity index is 0.000000709. The van der Waals surface area contributed by atoms with Crippen molar-refractivity contribution in [2.24, 2.45) is 0 Å². The summed E-state index contributed by atoms with van der Waals surface area (Å²) in [4.78, 5) is 36.1. The van der Waals surface area contributed by atoms with Gasteiger partial charge in [0.15, 0.2) is 0 Å². The molecular weight excluding hydrogens is 446 g/mol. The lowest BCUT2D eigenvalue weighted by Crippen LogP contribution is -2.29. The number of amides is 1. The first-order valence-electron chi connectivity index (χ1n) is 9.74. The fourth-order valence-corrected chi connectivity index (χ4v) is 3.98. The van der Waals surface area contributed by atoms with Crippen molar-refractivity contribution in [2.45, 2.75) is 19.9 Å². The van der Waals surface area contributed by atoms with Crippen LogP contribution >= 0.6 is 11.3 Å². The Bertz CT molecular complexity index is 1200. The van der Waals surface area contributed by atoms with Crippen LogP contribution in [0.1, 0.15) is 29.1 Å². The number of carbonyl (C=O) groups excluding carboxylic acids is 2. The molecule has 1 fully saturated rings. The Morgan fingerprint density at radius 3 is 2.15 bits per heavy atom. The third kappa shape index (κ3) is 5.07. The fourth-order valence-electron chi connectivity index (χ4n) is 3.27. The number of aliphatic carboxylic acids is 1. The van der Waals surface area contributed by atoms with Gasteiger partial charge in [0.2, 0.25) is 5.13 Å². The second kappa shape index (κ2) is 10.0. The minimum absolute atomic E-state index is 0.0132. The van der Waals surface area contributed by atoms with Gasteiger partial charge in [-0.25, -0.2) is 0 Å². The molecule has 0 saturated carbocycles. The van der Waals surface area contributed by atoms with Crippen molar-refractivity contribution in [1.82, 2.24) is 10.2 Å². The number of aromatic nitrogens is 2. The van der Waals surface area contributed by atoms with E-state index in [4.69, 9.17) is 14.6 Å². The summed E-state index contributed by atoms with van der Waals surface area (Å²) in [5, 5.41) is 27.4. The largest absolute Gasteiger partial charge is 0.507 e. The molecule has 9 nitrogen and oxygen atoms in total. The van der Waals surface area contributed by atoms with Crippen molar-refractivity contribution >= 4 is 39.9 Å². The first-order chi connectivity index (χ1) is 15.7. The molecule has 1 saturated heterocycles. The lowest BCUT2D eigenvalue weighted by molar-refractivity contribution is -0.134. The van der Waals surface area contributed by atoms with Gasteiger partial charge in [-0.1, -0.05) is 41.7 Å². The van der Waals surface area contributed by atoms with E-state index in [2.05, 4.69) is 10.2 Å². The van der Waals surface area contributed by atoms with E-state index in [9.17, 15) is 14.7 Å². The summed E-state index contributed by atoms with van der Waals surface area (Å²) < 4.78 is 5.14. The first-order valence-corrected chi connectivity index (χ1v) is 10.6. The van der Waals surface area contributed by atoms with E-state index in [1.54, 1.807) is 50.4 Å². The Kier molecular flexibility index (Phi) is 7.19. The van der Waals surface area contributed by atoms with Gasteiger partial charge >= 0.3 is 5.91 Å². The summed E-state index contributed by atoms with van der Waals surface area (Å²) >= 11 is 1.21. The van der Waals surface area contributed by atoms with Gasteiger partial charge in [0.1, 0.15) is 16.5 Å². The number of rotatable bonds is 4. The standard InChI is InChI=1S/C21H17N3O4S.C2H4O2/c1-12-22-23-21(29-12)24-17(13-6-4-3-5-7-13)16(19(26)20(24)27)18(25)14-8-10-15(28-2)11-9-14;1-2(3)4/h3-11,17,25H,1-2H3;1H3,(H,3,4). The van der Waals surface area contributed by atoms with Crippen LogP contribution in [-0.2, 0) is 14.4 Å². The van der Waals surface area contributed by atoms with Crippen LogP contribution < -0.4 is 9.64 Å². The Morgan fingerprint density at radius 2 is 1.64 bits per heavy atom. The molecule has 1 aromatic heterocycles. The maximum absolute atomic E-state index is 12.9. The molecule has 33 heavy (non-hydrogen) atoms. The summed E-state index contributed by atoms with van der Waals surface area (Å²) in [6, 6.07) is 14.9. The van der Waals surface area contributed by atoms with Crippen LogP contribution in [0.15, 0.2) is 60.2 Å². The number of hydrogen-bond donors (Lipinski definition) is 2. The van der Waals surface area contributed by atoms with Gasteiger partial charge in [0.25, 0.3) is 11.8 Å². The molecule has 3 aromatic rings. The van der Waals surface area contributed by atoms with Crippen LogP contribution in [0.3, 0.4) is 0 Å². The first kappa shape index (κ1) is 23.6. The predicted molar refractivity (Wildman–Crippen MR) is 122 cm³/mol. The molecule has 0 spiro atoms. The van der Waals surface area contributed by atoms with Crippen molar-refractivity contribution in [3.63, 3.8) is 0 Å². The van der Waals surface area contributed by atoms with E-state index in [0.717, 1.165) is 6.92 Å². The van der Waals surface area contributed by atoms with Crippen molar-refractivity contribution in [3.8, 4) is 5.75 Å². The number of hydrogen-bond acceptors (Lipinski definition) is 8. The van der Waals surface area contributed by atoms with E-state index in [-0.39, 0.29) is 11.3 Å². The zero-order valence-electron chi connectivity index (χ0n) is 18.1. The average Bonchev–Trinajstić information content (AvgIpc) is 3.34. The SMILES string of the molecule is CC(=O)O.COc1ccc(C(O)=C2C(=O)C(=O)N(c3nnc(C)s3)C2c2ccccc2)cc1. The van der Waals surface area contributed by atoms with Gasteiger partial charge in [-0.2, -0.15) is 0 Å². The number of ether oxygens (including phenoxy) is 1. The molecule has 1 amide bonds. The van der Waals surface area contributed by atoms with Crippen molar-refractivity contribution < 1.29 is 29.3 Å². The van der Waals surface area contributed by atoms with E-state index in [1.165, 1.54) is 16.2 Å². The number of anilines is 1. The number of carboxylic acid groups (broad SMARTS) is 1. The lowest BCUT2D eigenvalue weighted by Gasteiger charge is -2.22. The molecule has 1 aliphatic rings. The minimum atomic E-state index is -0.833. The molecule has 1 aliphatic heterocycles. The molecule has 170 valence electrons. The number of aliphatic hydroxyl groups is 1. The molecule has 0 radical (unpaired) electrons. The monoisotopic (exact) mass is 467 g/mol. The van der Waals surface area contributed by atoms with Crippen LogP contribution in [0.4, 0.5) is 5.13 Å². The molecule has 4 rings (SSSR count). The van der Waals surface area contributed by atoms with Gasteiger partial charge in [0.05, 0.1) is 18.7 Å². The van der Waals surface area contributed by atoms with Gasteiger partial charge in [-0.15, -0.1) is 10.2 Å². The third-order valence-corrected chi connectivity index (χ3v) is 5.48. The van der Waals surface area contributed by atoms with Gasteiger partial charge < -0.3 is 14.9 Å². The summed E-state index contributed by atoms with van der Waals surface area (Å²) in [5.74, 6) is -1.97. The lowest BCUT2D eigenvalue weighted by atomic mass is 9.95. The predicted octanol–water partition coefficient (Wildman–Crippen LogP) is 3.57. The molecule has 1 atom stereocenters. The maximum Gasteiger partial charge on any atom is 0.301 e. The highest BCUT2D eigenvalue weighted by Crippen LogP contribution is 2.42. The van der Waals surface area contributed by atoms with Gasteiger partial charge in [-0.3, -0.25) is 19.3 Å². The summed E-state index contributed by atoms with van der Waals surface area (Å²) in [6.45, 7) is 2.85. The Morgan fingerprint density at radius 1 is 1.03 bits per heavy atom. The zero-order valence-corrected chi connectivity index (χ0v) is 18.9. The molecule has 10 heteroatoms. The second-order valence-corrected chi connectivity index (χ2v) is 8.09. The number of aliphatic hydroxyl groups excluding tert-OH is 1. The number of carbonyl (C=O) groups is 3. The maximum atomic E-state index is 12.9. The normalized spacial score (nSPS) is 16.8. The summed E-state index contributed by atoms with van der Waals surface area (Å²) in [6.07, 6.45) is 0. The van der Waals surface area contributed by atoms with Crippen molar-refractivity contribution in [2.75, 3.05) is 12.0 Å². The summed E-state index contributed by atoms with van der Waals surface area (Å²) in [5.41, 5.74) is 1.12. The zero-order chi connectivity index (χ0) is 24.1. The molecule has 2 N–H and O–H groups in total. The van der Waals surface area contributed by atoms with Crippen LogP contribution in [0.2, 0.25) is 0 Å². The van der Waals surface area contributed by atoms with Crippen LogP contribution in [0.5, 0.6) is 5.75 Å². The van der Waals surface area contributed by atoms with E-state index in [1.807, 2.05) is 18.2 Å². The van der Waals surface area contributed by atoms with Gasteiger partial charge in [0, 0.05) is 12.5 Å². The molecule has 2 aromatic carbocycles. The number of nitrogens with zero attached hydrogens (tertiary/aromatic N) is 3. The van der Waals surface area contributed by atoms with Crippen molar-refractivity contribution in [1.29, 1.82) is 0 Å². The number of methoxy groups -OCH3 is 1. The number of carboxylic acids is 1. The number of ketones is 1. The van der Waals surface area contributed by atoms with E-state index >= 15 is 0 Å². The topological polar surface area (TPSA) is 130 Å². The van der Waals surface area contributed by atoms with Crippen LogP contribution in [-0.4, -0.2) is 45.2 Å². The minimum Gasteiger partial charge on any atom is -0.507 e.